The summed E-state index contributed by atoms with van der Waals surface area (Å²) in [6.45, 7) is 2.83. The zero-order valence-corrected chi connectivity index (χ0v) is 14.5. The van der Waals surface area contributed by atoms with Crippen molar-refractivity contribution < 1.29 is 9.53 Å². The van der Waals surface area contributed by atoms with E-state index in [4.69, 9.17) is 23.4 Å². The molecule has 1 aliphatic heterocycles. The number of rotatable bonds is 5. The van der Waals surface area contributed by atoms with Crippen molar-refractivity contribution in [2.24, 2.45) is 0 Å². The van der Waals surface area contributed by atoms with Gasteiger partial charge in [-0.1, -0.05) is 18.9 Å². The molecule has 2 rings (SSSR count). The molecule has 114 valence electrons. The molecule has 0 unspecified atom stereocenters. The van der Waals surface area contributed by atoms with Crippen molar-refractivity contribution in [2.45, 2.75) is 13.3 Å². The monoisotopic (exact) mass is 378 g/mol. The number of amides is 1. The Morgan fingerprint density at radius 2 is 2.32 bits per heavy atom. The van der Waals surface area contributed by atoms with Gasteiger partial charge in [0.25, 0.3) is 5.91 Å². The zero-order chi connectivity index (χ0) is 16.1. The fourth-order valence-corrected chi connectivity index (χ4v) is 2.80. The zero-order valence-electron chi connectivity index (χ0n) is 12.1. The van der Waals surface area contributed by atoms with Gasteiger partial charge in [0.2, 0.25) is 0 Å². The molecule has 1 aromatic rings. The van der Waals surface area contributed by atoms with Crippen LogP contribution in [0.25, 0.3) is 6.08 Å². The van der Waals surface area contributed by atoms with Gasteiger partial charge >= 0.3 is 0 Å². The number of benzene rings is 1. The molecule has 4 nitrogen and oxygen atoms in total. The van der Waals surface area contributed by atoms with Crippen LogP contribution in [0.3, 0.4) is 0 Å². The first-order valence-corrected chi connectivity index (χ1v) is 7.97. The summed E-state index contributed by atoms with van der Waals surface area (Å²) < 4.78 is 6.16. The van der Waals surface area contributed by atoms with Crippen molar-refractivity contribution in [1.82, 2.24) is 10.2 Å². The summed E-state index contributed by atoms with van der Waals surface area (Å²) in [7, 11) is 0. The maximum Gasteiger partial charge on any atom is 0.276 e. The van der Waals surface area contributed by atoms with Crippen molar-refractivity contribution in [3.8, 4) is 18.1 Å². The van der Waals surface area contributed by atoms with E-state index in [1.54, 1.807) is 17.0 Å². The van der Waals surface area contributed by atoms with Crippen LogP contribution in [0.1, 0.15) is 18.9 Å². The lowest BCUT2D eigenvalue weighted by molar-refractivity contribution is -0.122. The van der Waals surface area contributed by atoms with Crippen molar-refractivity contribution in [1.29, 1.82) is 0 Å². The van der Waals surface area contributed by atoms with E-state index in [2.05, 4.69) is 27.2 Å². The molecule has 1 heterocycles. The summed E-state index contributed by atoms with van der Waals surface area (Å²) >= 11 is 8.60. The summed E-state index contributed by atoms with van der Waals surface area (Å²) in [5.74, 6) is 2.97. The molecule has 0 bridgehead atoms. The minimum atomic E-state index is -0.101. The topological polar surface area (TPSA) is 41.6 Å². The summed E-state index contributed by atoms with van der Waals surface area (Å²) in [6, 6.07) is 5.51. The van der Waals surface area contributed by atoms with Crippen LogP contribution < -0.4 is 10.1 Å². The van der Waals surface area contributed by atoms with Gasteiger partial charge < -0.3 is 10.1 Å². The van der Waals surface area contributed by atoms with Gasteiger partial charge in [0.05, 0.1) is 4.47 Å². The molecule has 1 aliphatic rings. The lowest BCUT2D eigenvalue weighted by atomic mass is 10.2. The molecule has 0 atom stereocenters. The number of hydrogen-bond donors (Lipinski definition) is 1. The highest BCUT2D eigenvalue weighted by molar-refractivity contribution is 9.10. The van der Waals surface area contributed by atoms with Crippen LogP contribution in [0.4, 0.5) is 0 Å². The highest BCUT2D eigenvalue weighted by atomic mass is 79.9. The van der Waals surface area contributed by atoms with Gasteiger partial charge in [0.15, 0.2) is 5.11 Å². The van der Waals surface area contributed by atoms with Crippen molar-refractivity contribution in [3.05, 3.63) is 33.9 Å². The highest BCUT2D eigenvalue weighted by Gasteiger charge is 2.29. The lowest BCUT2D eigenvalue weighted by Crippen LogP contribution is -2.31. The van der Waals surface area contributed by atoms with Crippen LogP contribution in [0.15, 0.2) is 28.4 Å². The largest absolute Gasteiger partial charge is 0.480 e. The van der Waals surface area contributed by atoms with E-state index in [9.17, 15) is 4.79 Å². The number of ether oxygens (including phenoxy) is 1. The Hall–Kier alpha value is -1.84. The molecule has 0 radical (unpaired) electrons. The fourth-order valence-electron chi connectivity index (χ4n) is 2.01. The number of carbonyl (C=O) groups excluding carboxylic acids is 1. The Labute approximate surface area is 143 Å². The molecule has 0 aromatic heterocycles. The molecular formula is C16H15BrN2O2S. The third-order valence-electron chi connectivity index (χ3n) is 2.99. The van der Waals surface area contributed by atoms with Gasteiger partial charge in [-0.2, -0.15) is 0 Å². The van der Waals surface area contributed by atoms with E-state index >= 15 is 0 Å². The summed E-state index contributed by atoms with van der Waals surface area (Å²) in [6.07, 6.45) is 7.79. The van der Waals surface area contributed by atoms with Crippen LogP contribution in [-0.4, -0.2) is 29.1 Å². The van der Waals surface area contributed by atoms with Crippen molar-refractivity contribution >= 4 is 45.2 Å². The summed E-state index contributed by atoms with van der Waals surface area (Å²) in [4.78, 5) is 13.8. The van der Waals surface area contributed by atoms with E-state index in [-0.39, 0.29) is 12.5 Å². The van der Waals surface area contributed by atoms with Gasteiger partial charge in [0.1, 0.15) is 18.1 Å². The minimum Gasteiger partial charge on any atom is -0.480 e. The number of hydrogen-bond acceptors (Lipinski definition) is 3. The highest BCUT2D eigenvalue weighted by Crippen LogP contribution is 2.27. The SMILES string of the molecule is C#CCOc1ccc(C=C2NC(=S)N(CCC)C2=O)cc1Br. The van der Waals surface area contributed by atoms with Gasteiger partial charge in [0, 0.05) is 6.54 Å². The van der Waals surface area contributed by atoms with Crippen LogP contribution in [-0.2, 0) is 4.79 Å². The third kappa shape index (κ3) is 3.67. The van der Waals surface area contributed by atoms with Crippen LogP contribution in [0.2, 0.25) is 0 Å². The van der Waals surface area contributed by atoms with Gasteiger partial charge in [-0.3, -0.25) is 9.69 Å². The molecule has 6 heteroatoms. The Kier molecular flexibility index (Phi) is 5.58. The molecule has 1 aromatic carbocycles. The first-order valence-electron chi connectivity index (χ1n) is 6.77. The normalized spacial score (nSPS) is 15.9. The van der Waals surface area contributed by atoms with E-state index < -0.39 is 0 Å². The molecule has 0 spiro atoms. The minimum absolute atomic E-state index is 0.101. The summed E-state index contributed by atoms with van der Waals surface area (Å²) in [5, 5.41) is 3.40. The van der Waals surface area contributed by atoms with Gasteiger partial charge in [-0.05, 0) is 58.3 Å². The van der Waals surface area contributed by atoms with E-state index in [1.807, 2.05) is 19.1 Å². The second-order valence-electron chi connectivity index (χ2n) is 4.63. The van der Waals surface area contributed by atoms with Crippen molar-refractivity contribution in [2.75, 3.05) is 13.2 Å². The number of nitrogens with one attached hydrogen (secondary N) is 1. The Bertz CT molecular complexity index is 679. The Morgan fingerprint density at radius 1 is 1.55 bits per heavy atom. The second-order valence-corrected chi connectivity index (χ2v) is 5.87. The average molecular weight is 379 g/mol. The molecule has 0 saturated carbocycles. The summed E-state index contributed by atoms with van der Waals surface area (Å²) in [5.41, 5.74) is 1.33. The maximum absolute atomic E-state index is 12.3. The Morgan fingerprint density at radius 3 is 2.95 bits per heavy atom. The second kappa shape index (κ2) is 7.43. The van der Waals surface area contributed by atoms with E-state index in [0.29, 0.717) is 23.1 Å². The number of nitrogens with zero attached hydrogens (tertiary/aromatic N) is 1. The third-order valence-corrected chi connectivity index (χ3v) is 3.93. The predicted molar refractivity (Wildman–Crippen MR) is 94.2 cm³/mol. The van der Waals surface area contributed by atoms with Crippen LogP contribution >= 0.6 is 28.1 Å². The number of halogens is 1. The molecule has 0 aliphatic carbocycles. The lowest BCUT2D eigenvalue weighted by Gasteiger charge is -2.11. The standard InChI is InChI=1S/C16H15BrN2O2S/c1-3-7-19-15(20)13(18-16(19)22)10-11-5-6-14(12(17)9-11)21-8-4-2/h2,5-6,9-10H,3,7-8H2,1H3,(H,18,22). The predicted octanol–water partition coefficient (Wildman–Crippen LogP) is 2.93. The van der Waals surface area contributed by atoms with Gasteiger partial charge in [-0.25, -0.2) is 0 Å². The number of thiocarbonyl (C=S) groups is 1. The number of carbonyl (C=O) groups is 1. The molecule has 22 heavy (non-hydrogen) atoms. The molecule has 1 amide bonds. The molecule has 1 saturated heterocycles. The molecule has 1 N–H and O–H groups in total. The smallest absolute Gasteiger partial charge is 0.276 e. The Balaban J connectivity index is 2.20. The maximum atomic E-state index is 12.3. The first kappa shape index (κ1) is 16.5. The van der Waals surface area contributed by atoms with E-state index in [1.165, 1.54) is 0 Å². The first-order chi connectivity index (χ1) is 10.6. The fraction of sp³-hybridized carbons (Fsp3) is 0.250. The average Bonchev–Trinajstić information content (AvgIpc) is 2.74. The van der Waals surface area contributed by atoms with Crippen molar-refractivity contribution in [3.63, 3.8) is 0 Å². The number of terminal acetylenes is 1. The van der Waals surface area contributed by atoms with Crippen LogP contribution in [0.5, 0.6) is 5.75 Å². The van der Waals surface area contributed by atoms with Gasteiger partial charge in [-0.15, -0.1) is 6.42 Å². The van der Waals surface area contributed by atoms with E-state index in [0.717, 1.165) is 16.5 Å². The van der Waals surface area contributed by atoms with Crippen LogP contribution in [0, 0.1) is 12.3 Å². The molecule has 1 fully saturated rings. The quantitative estimate of drug-likeness (QED) is 0.485. The molecular weight excluding hydrogens is 364 g/mol.